The summed E-state index contributed by atoms with van der Waals surface area (Å²) >= 11 is 4.01. The van der Waals surface area contributed by atoms with Gasteiger partial charge in [-0.3, -0.25) is 0 Å². The maximum absolute atomic E-state index is 5.44. The standard InChI is InChI=1S/C35H27BrN2O/c1-39-31-24-22-26(23-25-31)33-32(36)34(27-14-6-2-7-15-27)38(37-33)35(28-16-8-3-9-17-28,29-18-10-4-11-19-29)30-20-12-5-13-21-30/h2-25H,1H3. The van der Waals surface area contributed by atoms with Crippen LogP contribution < -0.4 is 4.74 Å². The van der Waals surface area contributed by atoms with E-state index < -0.39 is 5.54 Å². The molecule has 1 aromatic heterocycles. The number of aromatic nitrogens is 2. The second-order valence-corrected chi connectivity index (χ2v) is 10.1. The summed E-state index contributed by atoms with van der Waals surface area (Å²) in [5.74, 6) is 0.810. The molecular formula is C35H27BrN2O. The van der Waals surface area contributed by atoms with Crippen molar-refractivity contribution in [2.24, 2.45) is 0 Å². The largest absolute Gasteiger partial charge is 0.497 e. The van der Waals surface area contributed by atoms with E-state index in [0.29, 0.717) is 0 Å². The van der Waals surface area contributed by atoms with E-state index in [2.05, 4.69) is 148 Å². The van der Waals surface area contributed by atoms with Crippen LogP contribution in [0.5, 0.6) is 5.75 Å². The number of nitrogens with zero attached hydrogens (tertiary/aromatic N) is 2. The van der Waals surface area contributed by atoms with Crippen molar-refractivity contribution in [3.05, 3.63) is 167 Å². The van der Waals surface area contributed by atoms with E-state index in [9.17, 15) is 0 Å². The van der Waals surface area contributed by atoms with Gasteiger partial charge in [0.1, 0.15) is 17.0 Å². The third kappa shape index (κ3) is 4.37. The molecule has 0 atom stereocenters. The molecule has 0 N–H and O–H groups in total. The summed E-state index contributed by atoms with van der Waals surface area (Å²) in [7, 11) is 1.68. The summed E-state index contributed by atoms with van der Waals surface area (Å²) in [6.07, 6.45) is 0. The molecule has 6 aromatic rings. The van der Waals surface area contributed by atoms with Crippen LogP contribution in [-0.2, 0) is 5.54 Å². The molecular weight excluding hydrogens is 544 g/mol. The predicted molar refractivity (Wildman–Crippen MR) is 162 cm³/mol. The van der Waals surface area contributed by atoms with Gasteiger partial charge in [-0.05, 0) is 56.9 Å². The van der Waals surface area contributed by atoms with Crippen molar-refractivity contribution in [3.63, 3.8) is 0 Å². The Morgan fingerprint density at radius 1 is 0.564 bits per heavy atom. The second-order valence-electron chi connectivity index (χ2n) is 9.33. The Hall–Kier alpha value is -4.41. The molecule has 1 heterocycles. The highest BCUT2D eigenvalue weighted by molar-refractivity contribution is 9.10. The lowest BCUT2D eigenvalue weighted by molar-refractivity contribution is 0.415. The molecule has 0 saturated heterocycles. The van der Waals surface area contributed by atoms with E-state index in [1.165, 1.54) is 0 Å². The summed E-state index contributed by atoms with van der Waals surface area (Å²) < 4.78 is 8.56. The zero-order valence-corrected chi connectivity index (χ0v) is 23.1. The van der Waals surface area contributed by atoms with Crippen LogP contribution in [0.1, 0.15) is 16.7 Å². The topological polar surface area (TPSA) is 27.1 Å². The summed E-state index contributed by atoms with van der Waals surface area (Å²) in [5.41, 5.74) is 6.55. The van der Waals surface area contributed by atoms with Crippen molar-refractivity contribution < 1.29 is 4.74 Å². The highest BCUT2D eigenvalue weighted by Crippen LogP contribution is 2.47. The van der Waals surface area contributed by atoms with Crippen molar-refractivity contribution in [1.29, 1.82) is 0 Å². The highest BCUT2D eigenvalue weighted by atomic mass is 79.9. The van der Waals surface area contributed by atoms with Gasteiger partial charge in [0.2, 0.25) is 0 Å². The first kappa shape index (κ1) is 24.9. The fourth-order valence-corrected chi connectivity index (χ4v) is 6.03. The number of hydrogen-bond donors (Lipinski definition) is 0. The van der Waals surface area contributed by atoms with E-state index in [4.69, 9.17) is 9.84 Å². The monoisotopic (exact) mass is 570 g/mol. The quantitative estimate of drug-likeness (QED) is 0.179. The summed E-state index contributed by atoms with van der Waals surface area (Å²) in [4.78, 5) is 0. The minimum absolute atomic E-state index is 0.748. The number of hydrogen-bond acceptors (Lipinski definition) is 2. The minimum Gasteiger partial charge on any atom is -0.497 e. The van der Waals surface area contributed by atoms with Crippen molar-refractivity contribution in [2.45, 2.75) is 5.54 Å². The Bertz CT molecular complexity index is 1570. The Morgan fingerprint density at radius 2 is 1.00 bits per heavy atom. The Balaban J connectivity index is 1.77. The third-order valence-corrected chi connectivity index (χ3v) is 7.88. The molecule has 0 aliphatic heterocycles. The molecule has 190 valence electrons. The van der Waals surface area contributed by atoms with Gasteiger partial charge >= 0.3 is 0 Å². The molecule has 0 aliphatic carbocycles. The number of ether oxygens (including phenoxy) is 1. The van der Waals surface area contributed by atoms with Gasteiger partial charge in [0.15, 0.2) is 0 Å². The average molecular weight is 572 g/mol. The van der Waals surface area contributed by atoms with E-state index in [1.54, 1.807) is 7.11 Å². The molecule has 0 bridgehead atoms. The number of methoxy groups -OCH3 is 1. The average Bonchev–Trinajstić information content (AvgIpc) is 3.36. The fraction of sp³-hybridized carbons (Fsp3) is 0.0571. The van der Waals surface area contributed by atoms with Crippen molar-refractivity contribution >= 4 is 15.9 Å². The Labute approximate surface area is 237 Å². The summed E-state index contributed by atoms with van der Waals surface area (Å²) in [6, 6.07) is 50.4. The third-order valence-electron chi connectivity index (χ3n) is 7.13. The zero-order chi connectivity index (χ0) is 26.7. The lowest BCUT2D eigenvalue weighted by Gasteiger charge is -2.37. The minimum atomic E-state index is -0.748. The molecule has 0 aliphatic rings. The summed E-state index contributed by atoms with van der Waals surface area (Å²) in [6.45, 7) is 0. The molecule has 0 saturated carbocycles. The maximum Gasteiger partial charge on any atom is 0.138 e. The molecule has 0 radical (unpaired) electrons. The van der Waals surface area contributed by atoms with Crippen LogP contribution in [-0.4, -0.2) is 16.9 Å². The SMILES string of the molecule is COc1ccc(-c2nn(C(c3ccccc3)(c3ccccc3)c3ccccc3)c(-c3ccccc3)c2Br)cc1. The van der Waals surface area contributed by atoms with Gasteiger partial charge in [-0.1, -0.05) is 121 Å². The molecule has 3 nitrogen and oxygen atoms in total. The van der Waals surface area contributed by atoms with E-state index in [-0.39, 0.29) is 0 Å². The number of rotatable bonds is 7. The highest BCUT2D eigenvalue weighted by Gasteiger charge is 2.42. The van der Waals surface area contributed by atoms with Crippen LogP contribution in [0.2, 0.25) is 0 Å². The normalized spacial score (nSPS) is 11.3. The van der Waals surface area contributed by atoms with Gasteiger partial charge in [0.25, 0.3) is 0 Å². The lowest BCUT2D eigenvalue weighted by Crippen LogP contribution is -2.39. The first-order valence-corrected chi connectivity index (χ1v) is 13.7. The molecule has 0 spiro atoms. The van der Waals surface area contributed by atoms with Crippen molar-refractivity contribution in [1.82, 2.24) is 9.78 Å². The molecule has 0 unspecified atom stereocenters. The molecule has 5 aromatic carbocycles. The van der Waals surface area contributed by atoms with Crippen molar-refractivity contribution in [3.8, 4) is 28.3 Å². The molecule has 0 fully saturated rings. The van der Waals surface area contributed by atoms with Crippen molar-refractivity contribution in [2.75, 3.05) is 7.11 Å². The first-order valence-electron chi connectivity index (χ1n) is 12.9. The predicted octanol–water partition coefficient (Wildman–Crippen LogP) is 8.83. The Kier molecular flexibility index (Phi) is 6.87. The smallest absolute Gasteiger partial charge is 0.138 e. The van der Waals surface area contributed by atoms with Gasteiger partial charge in [0, 0.05) is 11.1 Å². The van der Waals surface area contributed by atoms with E-state index >= 15 is 0 Å². The van der Waals surface area contributed by atoms with Crippen LogP contribution in [0.3, 0.4) is 0 Å². The van der Waals surface area contributed by atoms with Crippen LogP contribution in [0.25, 0.3) is 22.5 Å². The molecule has 4 heteroatoms. The van der Waals surface area contributed by atoms with Crippen LogP contribution in [0.4, 0.5) is 0 Å². The first-order chi connectivity index (χ1) is 19.2. The second kappa shape index (κ2) is 10.8. The number of benzene rings is 5. The molecule has 6 rings (SSSR count). The van der Waals surface area contributed by atoms with Gasteiger partial charge in [0.05, 0.1) is 17.3 Å². The van der Waals surface area contributed by atoms with Gasteiger partial charge in [-0.15, -0.1) is 0 Å². The van der Waals surface area contributed by atoms with Crippen LogP contribution >= 0.6 is 15.9 Å². The fourth-order valence-electron chi connectivity index (χ4n) is 5.33. The van der Waals surface area contributed by atoms with Gasteiger partial charge < -0.3 is 4.74 Å². The summed E-state index contributed by atoms with van der Waals surface area (Å²) in [5, 5.41) is 5.44. The van der Waals surface area contributed by atoms with Gasteiger partial charge in [-0.25, -0.2) is 4.68 Å². The lowest BCUT2D eigenvalue weighted by atomic mass is 9.76. The molecule has 0 amide bonds. The Morgan fingerprint density at radius 3 is 1.44 bits per heavy atom. The van der Waals surface area contributed by atoms with Crippen LogP contribution in [0.15, 0.2) is 150 Å². The maximum atomic E-state index is 5.44. The zero-order valence-electron chi connectivity index (χ0n) is 21.5. The molecule has 39 heavy (non-hydrogen) atoms. The van der Waals surface area contributed by atoms with E-state index in [1.807, 2.05) is 18.2 Å². The van der Waals surface area contributed by atoms with E-state index in [0.717, 1.165) is 49.4 Å². The number of halogens is 1. The van der Waals surface area contributed by atoms with Crippen LogP contribution in [0, 0.1) is 0 Å². The van der Waals surface area contributed by atoms with Gasteiger partial charge in [-0.2, -0.15) is 5.10 Å².